The number of sulfonamides is 1. The van der Waals surface area contributed by atoms with Crippen LogP contribution < -0.4 is 5.73 Å². The number of rotatable bonds is 4. The molecule has 118 valence electrons. The summed E-state index contributed by atoms with van der Waals surface area (Å²) in [5.74, 6) is 0. The first-order valence-electron chi connectivity index (χ1n) is 6.55. The molecule has 1 aliphatic heterocycles. The highest BCUT2D eigenvalue weighted by molar-refractivity contribution is 7.89. The molecule has 0 amide bonds. The van der Waals surface area contributed by atoms with Crippen LogP contribution in [0.25, 0.3) is 0 Å². The van der Waals surface area contributed by atoms with Crippen LogP contribution in [-0.4, -0.2) is 31.4 Å². The SMILES string of the molecule is CCCC1(N)CN(S(=O)(=O)c2ccccc2C(F)(F)F)C1. The molecule has 1 heterocycles. The molecule has 0 saturated carbocycles. The predicted octanol–water partition coefficient (Wildman–Crippen LogP) is 2.21. The molecule has 2 rings (SSSR count). The van der Waals surface area contributed by atoms with E-state index in [9.17, 15) is 21.6 Å². The maximum Gasteiger partial charge on any atom is 0.417 e. The van der Waals surface area contributed by atoms with Crippen LogP contribution >= 0.6 is 0 Å². The number of halogens is 3. The number of nitrogens with two attached hydrogens (primary N) is 1. The first kappa shape index (κ1) is 16.3. The fourth-order valence-electron chi connectivity index (χ4n) is 2.55. The van der Waals surface area contributed by atoms with E-state index in [0.717, 1.165) is 22.9 Å². The molecular formula is C13H17F3N2O2S. The van der Waals surface area contributed by atoms with Gasteiger partial charge < -0.3 is 5.73 Å². The minimum Gasteiger partial charge on any atom is -0.323 e. The van der Waals surface area contributed by atoms with Gasteiger partial charge in [0.25, 0.3) is 0 Å². The lowest BCUT2D eigenvalue weighted by atomic mass is 9.89. The van der Waals surface area contributed by atoms with E-state index in [-0.39, 0.29) is 13.1 Å². The van der Waals surface area contributed by atoms with Crippen molar-refractivity contribution in [1.29, 1.82) is 0 Å². The Morgan fingerprint density at radius 2 is 1.86 bits per heavy atom. The van der Waals surface area contributed by atoms with Crippen molar-refractivity contribution in [2.75, 3.05) is 13.1 Å². The van der Waals surface area contributed by atoms with E-state index >= 15 is 0 Å². The number of hydrogen-bond donors (Lipinski definition) is 1. The molecule has 0 atom stereocenters. The van der Waals surface area contributed by atoms with Crippen molar-refractivity contribution < 1.29 is 21.6 Å². The van der Waals surface area contributed by atoms with E-state index in [2.05, 4.69) is 0 Å². The third-order valence-corrected chi connectivity index (χ3v) is 5.39. The third kappa shape index (κ3) is 3.07. The first-order valence-corrected chi connectivity index (χ1v) is 7.99. The minimum atomic E-state index is -4.71. The molecule has 0 radical (unpaired) electrons. The Balaban J connectivity index is 2.31. The largest absolute Gasteiger partial charge is 0.417 e. The second kappa shape index (κ2) is 5.26. The monoisotopic (exact) mass is 322 g/mol. The van der Waals surface area contributed by atoms with Gasteiger partial charge in [-0.05, 0) is 18.6 Å². The Labute approximate surface area is 121 Å². The second-order valence-electron chi connectivity index (χ2n) is 5.38. The predicted molar refractivity (Wildman–Crippen MR) is 72.0 cm³/mol. The van der Waals surface area contributed by atoms with E-state index in [1.165, 1.54) is 12.1 Å². The Morgan fingerprint density at radius 3 is 2.38 bits per heavy atom. The molecule has 4 nitrogen and oxygen atoms in total. The highest BCUT2D eigenvalue weighted by atomic mass is 32.2. The van der Waals surface area contributed by atoms with Crippen molar-refractivity contribution in [3.05, 3.63) is 29.8 Å². The molecule has 0 aromatic heterocycles. The first-order chi connectivity index (χ1) is 9.60. The summed E-state index contributed by atoms with van der Waals surface area (Å²) in [6.07, 6.45) is -3.28. The second-order valence-corrected chi connectivity index (χ2v) is 7.29. The Kier molecular flexibility index (Phi) is 4.07. The van der Waals surface area contributed by atoms with Crippen molar-refractivity contribution in [1.82, 2.24) is 4.31 Å². The fraction of sp³-hybridized carbons (Fsp3) is 0.538. The molecule has 8 heteroatoms. The Bertz CT molecular complexity index is 623. The summed E-state index contributed by atoms with van der Waals surface area (Å²) < 4.78 is 64.5. The van der Waals surface area contributed by atoms with Gasteiger partial charge in [0.2, 0.25) is 10.0 Å². The summed E-state index contributed by atoms with van der Waals surface area (Å²) >= 11 is 0. The van der Waals surface area contributed by atoms with E-state index in [1.807, 2.05) is 6.92 Å². The minimum absolute atomic E-state index is 0.0510. The number of alkyl halides is 3. The number of benzene rings is 1. The Morgan fingerprint density at radius 1 is 1.29 bits per heavy atom. The van der Waals surface area contributed by atoms with Crippen molar-refractivity contribution in [2.24, 2.45) is 5.73 Å². The fourth-order valence-corrected chi connectivity index (χ4v) is 4.39. The summed E-state index contributed by atoms with van der Waals surface area (Å²) in [7, 11) is -4.17. The molecule has 21 heavy (non-hydrogen) atoms. The van der Waals surface area contributed by atoms with Gasteiger partial charge in [0, 0.05) is 18.6 Å². The van der Waals surface area contributed by atoms with Crippen molar-refractivity contribution in [3.8, 4) is 0 Å². The molecule has 2 N–H and O–H groups in total. The Hall–Kier alpha value is -1.12. The molecule has 0 bridgehead atoms. The van der Waals surface area contributed by atoms with Crippen molar-refractivity contribution >= 4 is 10.0 Å². The molecular weight excluding hydrogens is 305 g/mol. The highest BCUT2D eigenvalue weighted by Gasteiger charge is 2.47. The molecule has 1 fully saturated rings. The zero-order valence-corrected chi connectivity index (χ0v) is 12.3. The number of nitrogens with zero attached hydrogens (tertiary/aromatic N) is 1. The van der Waals surface area contributed by atoms with Crippen LogP contribution in [0.4, 0.5) is 13.2 Å². The van der Waals surface area contributed by atoms with E-state index < -0.39 is 32.2 Å². The topological polar surface area (TPSA) is 63.4 Å². The van der Waals surface area contributed by atoms with Gasteiger partial charge >= 0.3 is 6.18 Å². The maximum atomic E-state index is 12.9. The van der Waals surface area contributed by atoms with Gasteiger partial charge in [-0.25, -0.2) is 8.42 Å². The van der Waals surface area contributed by atoms with Crippen molar-refractivity contribution in [2.45, 2.75) is 36.4 Å². The van der Waals surface area contributed by atoms with Gasteiger partial charge in [-0.3, -0.25) is 0 Å². The molecule has 0 aliphatic carbocycles. The number of hydrogen-bond acceptors (Lipinski definition) is 3. The van der Waals surface area contributed by atoms with Crippen LogP contribution in [-0.2, 0) is 16.2 Å². The van der Waals surface area contributed by atoms with Crippen LogP contribution in [0, 0.1) is 0 Å². The van der Waals surface area contributed by atoms with E-state index in [0.29, 0.717) is 6.42 Å². The normalized spacial score (nSPS) is 19.3. The van der Waals surface area contributed by atoms with E-state index in [1.54, 1.807) is 0 Å². The van der Waals surface area contributed by atoms with Crippen LogP contribution in [0.15, 0.2) is 29.2 Å². The average molecular weight is 322 g/mol. The molecule has 0 spiro atoms. The summed E-state index contributed by atoms with van der Waals surface area (Å²) in [6, 6.07) is 4.20. The van der Waals surface area contributed by atoms with Gasteiger partial charge in [0.15, 0.2) is 0 Å². The van der Waals surface area contributed by atoms with Crippen LogP contribution in [0.1, 0.15) is 25.3 Å². The van der Waals surface area contributed by atoms with Crippen LogP contribution in [0.2, 0.25) is 0 Å². The lowest BCUT2D eigenvalue weighted by Gasteiger charge is -2.46. The van der Waals surface area contributed by atoms with Gasteiger partial charge in [-0.2, -0.15) is 17.5 Å². The summed E-state index contributed by atoms with van der Waals surface area (Å²) in [4.78, 5) is -0.712. The van der Waals surface area contributed by atoms with Gasteiger partial charge in [-0.1, -0.05) is 25.5 Å². The molecule has 1 aromatic carbocycles. The van der Waals surface area contributed by atoms with Gasteiger partial charge in [-0.15, -0.1) is 0 Å². The lowest BCUT2D eigenvalue weighted by Crippen LogP contribution is -2.68. The lowest BCUT2D eigenvalue weighted by molar-refractivity contribution is -0.139. The molecule has 1 saturated heterocycles. The third-order valence-electron chi connectivity index (χ3n) is 3.54. The molecule has 1 aromatic rings. The highest BCUT2D eigenvalue weighted by Crippen LogP contribution is 2.37. The van der Waals surface area contributed by atoms with Gasteiger partial charge in [0.1, 0.15) is 0 Å². The summed E-state index contributed by atoms with van der Waals surface area (Å²) in [5.41, 5.74) is 4.20. The molecule has 0 unspecified atom stereocenters. The summed E-state index contributed by atoms with van der Waals surface area (Å²) in [6.45, 7) is 2.02. The smallest absolute Gasteiger partial charge is 0.323 e. The molecule has 1 aliphatic rings. The van der Waals surface area contributed by atoms with Crippen molar-refractivity contribution in [3.63, 3.8) is 0 Å². The van der Waals surface area contributed by atoms with Crippen LogP contribution in [0.5, 0.6) is 0 Å². The van der Waals surface area contributed by atoms with E-state index in [4.69, 9.17) is 5.73 Å². The summed E-state index contributed by atoms with van der Waals surface area (Å²) in [5, 5.41) is 0. The quantitative estimate of drug-likeness (QED) is 0.924. The van der Waals surface area contributed by atoms with Crippen LogP contribution in [0.3, 0.4) is 0 Å². The zero-order chi connectivity index (χ0) is 15.9. The van der Waals surface area contributed by atoms with Gasteiger partial charge in [0.05, 0.1) is 10.5 Å². The average Bonchev–Trinajstić information content (AvgIpc) is 2.35. The zero-order valence-electron chi connectivity index (χ0n) is 11.5. The maximum absolute atomic E-state index is 12.9. The standard InChI is InChI=1S/C13H17F3N2O2S/c1-2-7-12(17)8-18(9-12)21(19,20)11-6-4-3-5-10(11)13(14,15)16/h3-6H,2,7-9,17H2,1H3.